The molecule has 5 nitrogen and oxygen atoms in total. The Balaban J connectivity index is 1.63. The van der Waals surface area contributed by atoms with Gasteiger partial charge in [0.2, 0.25) is 11.8 Å². The van der Waals surface area contributed by atoms with Crippen molar-refractivity contribution >= 4 is 5.97 Å². The van der Waals surface area contributed by atoms with E-state index in [1.54, 1.807) is 0 Å². The van der Waals surface area contributed by atoms with Crippen LogP contribution < -0.4 is 0 Å². The van der Waals surface area contributed by atoms with E-state index in [2.05, 4.69) is 10.2 Å². The average molecular weight is 264 g/mol. The molecule has 19 heavy (non-hydrogen) atoms. The molecule has 0 radical (unpaired) electrons. The van der Waals surface area contributed by atoms with Crippen molar-refractivity contribution in [3.8, 4) is 0 Å². The molecule has 2 aliphatic rings. The maximum Gasteiger partial charge on any atom is 0.303 e. The van der Waals surface area contributed by atoms with Crippen LogP contribution in [0.1, 0.15) is 57.2 Å². The van der Waals surface area contributed by atoms with Crippen molar-refractivity contribution in [3.63, 3.8) is 0 Å². The topological polar surface area (TPSA) is 76.2 Å². The maximum absolute atomic E-state index is 10.8. The van der Waals surface area contributed by atoms with Crippen LogP contribution in [0, 0.1) is 17.3 Å². The molecule has 2 fully saturated rings. The highest BCUT2D eigenvalue weighted by atomic mass is 16.4. The van der Waals surface area contributed by atoms with Crippen LogP contribution in [-0.2, 0) is 11.2 Å². The summed E-state index contributed by atoms with van der Waals surface area (Å²) in [5.74, 6) is 2.76. The number of fused-ring (bicyclic) bond motifs is 1. The van der Waals surface area contributed by atoms with Gasteiger partial charge in [0, 0.05) is 12.3 Å². The molecule has 2 aliphatic carbocycles. The van der Waals surface area contributed by atoms with Crippen LogP contribution in [0.15, 0.2) is 4.42 Å². The molecule has 1 N–H and O–H groups in total. The van der Waals surface area contributed by atoms with Crippen molar-refractivity contribution in [2.24, 2.45) is 17.3 Å². The van der Waals surface area contributed by atoms with Crippen molar-refractivity contribution in [1.29, 1.82) is 0 Å². The molecular weight excluding hydrogens is 244 g/mol. The van der Waals surface area contributed by atoms with E-state index in [1.807, 2.05) is 13.8 Å². The fraction of sp³-hybridized carbons (Fsp3) is 0.786. The summed E-state index contributed by atoms with van der Waals surface area (Å²) in [6.07, 6.45) is 4.38. The average Bonchev–Trinajstić information content (AvgIpc) is 2.74. The van der Waals surface area contributed by atoms with Gasteiger partial charge in [-0.3, -0.25) is 4.79 Å². The molecule has 0 saturated heterocycles. The Bertz CT molecular complexity index is 485. The van der Waals surface area contributed by atoms with E-state index in [4.69, 9.17) is 9.52 Å². The van der Waals surface area contributed by atoms with Gasteiger partial charge in [0.15, 0.2) is 0 Å². The van der Waals surface area contributed by atoms with Crippen molar-refractivity contribution in [2.75, 3.05) is 0 Å². The van der Waals surface area contributed by atoms with Crippen LogP contribution >= 0.6 is 0 Å². The second kappa shape index (κ2) is 4.32. The summed E-state index contributed by atoms with van der Waals surface area (Å²) in [5.41, 5.74) is -0.354. The highest BCUT2D eigenvalue weighted by Crippen LogP contribution is 2.57. The summed E-state index contributed by atoms with van der Waals surface area (Å²) in [6, 6.07) is 0. The quantitative estimate of drug-likeness (QED) is 0.884. The lowest BCUT2D eigenvalue weighted by Gasteiger charge is -2.19. The van der Waals surface area contributed by atoms with Gasteiger partial charge >= 0.3 is 5.97 Å². The summed E-state index contributed by atoms with van der Waals surface area (Å²) in [5, 5.41) is 17.1. The zero-order valence-electron chi connectivity index (χ0n) is 11.4. The number of nitrogens with zero attached hydrogens (tertiary/aromatic N) is 2. The summed E-state index contributed by atoms with van der Waals surface area (Å²) in [6.45, 7) is 3.82. The third-order valence-electron chi connectivity index (χ3n) is 4.33. The second-order valence-electron chi connectivity index (χ2n) is 6.87. The third kappa shape index (κ3) is 2.80. The van der Waals surface area contributed by atoms with E-state index in [9.17, 15) is 4.79 Å². The van der Waals surface area contributed by atoms with Gasteiger partial charge < -0.3 is 9.52 Å². The van der Waals surface area contributed by atoms with Gasteiger partial charge in [-0.2, -0.15) is 0 Å². The highest BCUT2D eigenvalue weighted by Gasteiger charge is 2.47. The second-order valence-corrected chi connectivity index (χ2v) is 6.87. The number of hydrogen-bond acceptors (Lipinski definition) is 4. The monoisotopic (exact) mass is 264 g/mol. The predicted molar refractivity (Wildman–Crippen MR) is 67.6 cm³/mol. The fourth-order valence-corrected chi connectivity index (χ4v) is 3.30. The number of aliphatic carboxylic acids is 1. The van der Waals surface area contributed by atoms with Gasteiger partial charge in [-0.15, -0.1) is 10.2 Å². The first-order valence-corrected chi connectivity index (χ1v) is 6.97. The first kappa shape index (κ1) is 12.6. The molecule has 0 spiro atoms. The lowest BCUT2D eigenvalue weighted by atomic mass is 9.86. The minimum atomic E-state index is -0.791. The largest absolute Gasteiger partial charge is 0.481 e. The molecule has 5 heteroatoms. The van der Waals surface area contributed by atoms with Gasteiger partial charge in [0.05, 0.1) is 6.42 Å². The molecule has 2 unspecified atom stereocenters. The summed E-state index contributed by atoms with van der Waals surface area (Å²) in [7, 11) is 0. The molecule has 1 aromatic heterocycles. The lowest BCUT2D eigenvalue weighted by Crippen LogP contribution is -2.19. The van der Waals surface area contributed by atoms with Crippen molar-refractivity contribution in [3.05, 3.63) is 11.8 Å². The molecule has 0 bridgehead atoms. The third-order valence-corrected chi connectivity index (χ3v) is 4.33. The molecule has 0 aliphatic heterocycles. The zero-order chi connectivity index (χ0) is 13.6. The summed E-state index contributed by atoms with van der Waals surface area (Å²) in [4.78, 5) is 10.8. The first-order chi connectivity index (χ1) is 8.93. The Hall–Kier alpha value is -1.39. The van der Waals surface area contributed by atoms with E-state index < -0.39 is 5.97 Å². The van der Waals surface area contributed by atoms with Crippen molar-refractivity contribution in [2.45, 2.75) is 51.9 Å². The SMILES string of the molecule is CC(C)(CC(=O)O)Cc1nnc(C2CC3CC3C2)o1. The zero-order valence-corrected chi connectivity index (χ0v) is 11.4. The van der Waals surface area contributed by atoms with Crippen LogP contribution in [0.25, 0.3) is 0 Å². The highest BCUT2D eigenvalue weighted by molar-refractivity contribution is 5.67. The number of hydrogen-bond donors (Lipinski definition) is 1. The van der Waals surface area contributed by atoms with Crippen molar-refractivity contribution in [1.82, 2.24) is 10.2 Å². The molecule has 104 valence electrons. The molecule has 1 heterocycles. The molecule has 1 aromatic rings. The number of carboxylic acid groups (broad SMARTS) is 1. The normalized spacial score (nSPS) is 29.3. The smallest absolute Gasteiger partial charge is 0.303 e. The van der Waals surface area contributed by atoms with Gasteiger partial charge in [0.25, 0.3) is 0 Å². The van der Waals surface area contributed by atoms with Gasteiger partial charge in [-0.25, -0.2) is 0 Å². The Morgan fingerprint density at radius 1 is 1.32 bits per heavy atom. The Morgan fingerprint density at radius 3 is 2.63 bits per heavy atom. The van der Waals surface area contributed by atoms with Crippen molar-refractivity contribution < 1.29 is 14.3 Å². The van der Waals surface area contributed by atoms with Gasteiger partial charge in [0.1, 0.15) is 0 Å². The standard InChI is InChI=1S/C14H20N2O3/c1-14(2,7-12(17)18)6-11-15-16-13(19-11)10-4-8-3-9(8)5-10/h8-10H,3-7H2,1-2H3,(H,17,18). The maximum atomic E-state index is 10.8. The molecule has 2 saturated carbocycles. The number of rotatable bonds is 5. The molecular formula is C14H20N2O3. The summed E-state index contributed by atoms with van der Waals surface area (Å²) >= 11 is 0. The molecule has 0 amide bonds. The molecule has 2 atom stereocenters. The van der Waals surface area contributed by atoms with Gasteiger partial charge in [-0.1, -0.05) is 13.8 Å². The van der Waals surface area contributed by atoms with E-state index in [1.165, 1.54) is 19.3 Å². The van der Waals surface area contributed by atoms with Crippen LogP contribution in [0.5, 0.6) is 0 Å². The number of aromatic nitrogens is 2. The predicted octanol–water partition coefficient (Wildman–Crippen LogP) is 2.63. The minimum Gasteiger partial charge on any atom is -0.481 e. The minimum absolute atomic E-state index is 0.109. The van der Waals surface area contributed by atoms with Gasteiger partial charge in [-0.05, 0) is 36.5 Å². The van der Waals surface area contributed by atoms with Crippen LogP contribution in [0.4, 0.5) is 0 Å². The Labute approximate surface area is 112 Å². The van der Waals surface area contributed by atoms with E-state index in [0.29, 0.717) is 18.2 Å². The summed E-state index contributed by atoms with van der Waals surface area (Å²) < 4.78 is 5.74. The van der Waals surface area contributed by atoms with Crippen LogP contribution in [0.3, 0.4) is 0 Å². The lowest BCUT2D eigenvalue weighted by molar-refractivity contribution is -0.139. The Morgan fingerprint density at radius 2 is 2.00 bits per heavy atom. The van der Waals surface area contributed by atoms with E-state index in [-0.39, 0.29) is 11.8 Å². The van der Waals surface area contributed by atoms with E-state index in [0.717, 1.165) is 17.7 Å². The molecule has 3 rings (SSSR count). The number of carboxylic acids is 1. The van der Waals surface area contributed by atoms with E-state index >= 15 is 0 Å². The van der Waals surface area contributed by atoms with Crippen LogP contribution in [-0.4, -0.2) is 21.3 Å². The fourth-order valence-electron chi connectivity index (χ4n) is 3.30. The number of carbonyl (C=O) groups is 1. The van der Waals surface area contributed by atoms with Crippen LogP contribution in [0.2, 0.25) is 0 Å². The molecule has 0 aromatic carbocycles. The first-order valence-electron chi connectivity index (χ1n) is 6.97. The Kier molecular flexibility index (Phi) is 2.87.